The topological polar surface area (TPSA) is 33.6 Å². The summed E-state index contributed by atoms with van der Waals surface area (Å²) in [6, 6.07) is 24.1. The molecule has 0 bridgehead atoms. The van der Waals surface area contributed by atoms with E-state index >= 15 is 0 Å². The smallest absolute Gasteiger partial charge is 0.0751 e. The molecule has 142 valence electrons. The molecule has 0 amide bonds. The van der Waals surface area contributed by atoms with Crippen LogP contribution in [0.4, 0.5) is 0 Å². The van der Waals surface area contributed by atoms with Crippen LogP contribution in [0.5, 0.6) is 0 Å². The van der Waals surface area contributed by atoms with Crippen molar-refractivity contribution in [3.63, 3.8) is 0 Å². The number of rotatable bonds is 4. The monoisotopic (exact) mass is 417 g/mol. The van der Waals surface area contributed by atoms with Crippen molar-refractivity contribution in [3.05, 3.63) is 106 Å². The number of benzene rings is 3. The van der Waals surface area contributed by atoms with E-state index in [9.17, 15) is 0 Å². The Kier molecular flexibility index (Phi) is 4.62. The minimum Gasteiger partial charge on any atom is -0.361 e. The van der Waals surface area contributed by atoms with E-state index in [4.69, 9.17) is 28.3 Å². The molecule has 3 aromatic carbocycles. The molecule has 5 rings (SSSR count). The predicted octanol–water partition coefficient (Wildman–Crippen LogP) is 6.92. The molecule has 0 spiro atoms. The van der Waals surface area contributed by atoms with Gasteiger partial charge in [0.25, 0.3) is 0 Å². The fraction of sp³-hybridized carbons (Fsp3) is 0.0417. The van der Waals surface area contributed by atoms with E-state index in [2.05, 4.69) is 41.5 Å². The van der Waals surface area contributed by atoms with E-state index in [0.29, 0.717) is 10.0 Å². The number of halogens is 2. The van der Waals surface area contributed by atoms with Gasteiger partial charge in [0.2, 0.25) is 0 Å². The summed E-state index contributed by atoms with van der Waals surface area (Å²) < 4.78 is 1.85. The molecule has 3 nitrogen and oxygen atoms in total. The summed E-state index contributed by atoms with van der Waals surface area (Å²) in [4.78, 5) is 3.35. The number of para-hydroxylation sites is 1. The summed E-state index contributed by atoms with van der Waals surface area (Å²) in [5.74, 6) is 0. The molecular weight excluding hydrogens is 401 g/mol. The lowest BCUT2D eigenvalue weighted by Gasteiger charge is -2.03. The maximum atomic E-state index is 6.21. The number of H-pyrrole nitrogens is 1. The van der Waals surface area contributed by atoms with Gasteiger partial charge in [0, 0.05) is 45.3 Å². The lowest BCUT2D eigenvalue weighted by Crippen LogP contribution is -1.97. The van der Waals surface area contributed by atoms with Crippen molar-refractivity contribution in [2.45, 2.75) is 6.42 Å². The van der Waals surface area contributed by atoms with Crippen LogP contribution < -0.4 is 0 Å². The molecular formula is C24H17Cl2N3. The Morgan fingerprint density at radius 3 is 2.38 bits per heavy atom. The average molecular weight is 418 g/mol. The van der Waals surface area contributed by atoms with E-state index in [1.165, 1.54) is 10.9 Å². The zero-order valence-corrected chi connectivity index (χ0v) is 17.0. The molecule has 5 aromatic rings. The van der Waals surface area contributed by atoms with Crippen molar-refractivity contribution in [3.8, 4) is 16.8 Å². The van der Waals surface area contributed by atoms with Gasteiger partial charge in [-0.05, 0) is 35.4 Å². The van der Waals surface area contributed by atoms with E-state index in [1.54, 1.807) is 6.07 Å². The summed E-state index contributed by atoms with van der Waals surface area (Å²) in [5.41, 5.74) is 6.40. The van der Waals surface area contributed by atoms with Gasteiger partial charge in [-0.1, -0.05) is 71.7 Å². The van der Waals surface area contributed by atoms with Crippen LogP contribution in [0.3, 0.4) is 0 Å². The van der Waals surface area contributed by atoms with E-state index in [-0.39, 0.29) is 0 Å². The molecule has 0 aliphatic heterocycles. The van der Waals surface area contributed by atoms with Gasteiger partial charge in [0.05, 0.1) is 11.4 Å². The molecule has 2 heterocycles. The third-order valence-corrected chi connectivity index (χ3v) is 5.46. The molecule has 29 heavy (non-hydrogen) atoms. The summed E-state index contributed by atoms with van der Waals surface area (Å²) >= 11 is 12.4. The Bertz CT molecular complexity index is 1280. The fourth-order valence-electron chi connectivity index (χ4n) is 3.66. The van der Waals surface area contributed by atoms with Crippen molar-refractivity contribution < 1.29 is 0 Å². The highest BCUT2D eigenvalue weighted by Crippen LogP contribution is 2.30. The first kappa shape index (κ1) is 18.0. The largest absolute Gasteiger partial charge is 0.361 e. The Hall–Kier alpha value is -3.01. The van der Waals surface area contributed by atoms with Gasteiger partial charge in [0.1, 0.15) is 0 Å². The van der Waals surface area contributed by atoms with Crippen molar-refractivity contribution in [2.75, 3.05) is 0 Å². The highest BCUT2D eigenvalue weighted by molar-refractivity contribution is 6.34. The molecule has 0 saturated carbocycles. The summed E-state index contributed by atoms with van der Waals surface area (Å²) in [7, 11) is 0. The average Bonchev–Trinajstić information content (AvgIpc) is 3.33. The molecule has 0 unspecified atom stereocenters. The molecule has 0 saturated heterocycles. The molecule has 0 atom stereocenters. The van der Waals surface area contributed by atoms with Crippen molar-refractivity contribution in [1.29, 1.82) is 0 Å². The maximum Gasteiger partial charge on any atom is 0.0751 e. The molecule has 5 heteroatoms. The summed E-state index contributed by atoms with van der Waals surface area (Å²) in [5, 5.41) is 7.29. The second-order valence-electron chi connectivity index (χ2n) is 6.96. The quantitative estimate of drug-likeness (QED) is 0.338. The normalized spacial score (nSPS) is 11.2. The molecule has 2 aromatic heterocycles. The number of hydrogen-bond donors (Lipinski definition) is 1. The maximum absolute atomic E-state index is 6.21. The number of aromatic amines is 1. The molecule has 1 N–H and O–H groups in total. The highest BCUT2D eigenvalue weighted by Gasteiger charge is 2.15. The van der Waals surface area contributed by atoms with Crippen molar-refractivity contribution >= 4 is 34.1 Å². The van der Waals surface area contributed by atoms with Crippen molar-refractivity contribution in [2.24, 2.45) is 0 Å². The van der Waals surface area contributed by atoms with Gasteiger partial charge in [0.15, 0.2) is 0 Å². The van der Waals surface area contributed by atoms with Crippen LogP contribution in [0.2, 0.25) is 10.0 Å². The predicted molar refractivity (Wildman–Crippen MR) is 120 cm³/mol. The van der Waals surface area contributed by atoms with Gasteiger partial charge in [-0.15, -0.1) is 0 Å². The van der Waals surface area contributed by atoms with Gasteiger partial charge >= 0.3 is 0 Å². The van der Waals surface area contributed by atoms with Crippen molar-refractivity contribution in [1.82, 2.24) is 14.8 Å². The second kappa shape index (κ2) is 7.43. The number of fused-ring (bicyclic) bond motifs is 1. The van der Waals surface area contributed by atoms with Crippen LogP contribution in [0.25, 0.3) is 27.7 Å². The van der Waals surface area contributed by atoms with E-state index in [0.717, 1.165) is 34.4 Å². The SMILES string of the molecule is Clc1cc(Cl)cc(-n2cc(-c3ccccc3)c(Cc3c[nH]c4ccccc34)n2)c1. The first-order chi connectivity index (χ1) is 14.2. The second-order valence-corrected chi connectivity index (χ2v) is 7.84. The van der Waals surface area contributed by atoms with Crippen LogP contribution in [0.1, 0.15) is 11.3 Å². The Morgan fingerprint density at radius 2 is 1.59 bits per heavy atom. The summed E-state index contributed by atoms with van der Waals surface area (Å²) in [6.07, 6.45) is 4.83. The first-order valence-corrected chi connectivity index (χ1v) is 10.1. The number of nitrogens with zero attached hydrogens (tertiary/aromatic N) is 2. The number of hydrogen-bond acceptors (Lipinski definition) is 1. The number of aromatic nitrogens is 3. The summed E-state index contributed by atoms with van der Waals surface area (Å²) in [6.45, 7) is 0. The van der Waals surface area contributed by atoms with Gasteiger partial charge in [-0.25, -0.2) is 4.68 Å². The molecule has 0 fully saturated rings. The number of nitrogens with one attached hydrogen (secondary N) is 1. The molecule has 0 aliphatic carbocycles. The lowest BCUT2D eigenvalue weighted by molar-refractivity contribution is 0.849. The van der Waals surface area contributed by atoms with Crippen LogP contribution in [-0.4, -0.2) is 14.8 Å². The van der Waals surface area contributed by atoms with Gasteiger partial charge in [-0.3, -0.25) is 0 Å². The lowest BCUT2D eigenvalue weighted by atomic mass is 10.0. The van der Waals surface area contributed by atoms with Gasteiger partial charge < -0.3 is 4.98 Å². The molecule has 0 aliphatic rings. The van der Waals surface area contributed by atoms with Gasteiger partial charge in [-0.2, -0.15) is 5.10 Å². The van der Waals surface area contributed by atoms with E-state index in [1.807, 2.05) is 47.3 Å². The third kappa shape index (κ3) is 3.55. The molecule has 0 radical (unpaired) electrons. The Balaban J connectivity index is 1.64. The van der Waals surface area contributed by atoms with Crippen LogP contribution in [-0.2, 0) is 6.42 Å². The minimum atomic E-state index is 0.586. The van der Waals surface area contributed by atoms with E-state index < -0.39 is 0 Å². The highest BCUT2D eigenvalue weighted by atomic mass is 35.5. The first-order valence-electron chi connectivity index (χ1n) is 9.33. The third-order valence-electron chi connectivity index (χ3n) is 5.02. The van der Waals surface area contributed by atoms with Crippen LogP contribution in [0, 0.1) is 0 Å². The zero-order valence-electron chi connectivity index (χ0n) is 15.4. The fourth-order valence-corrected chi connectivity index (χ4v) is 4.18. The zero-order chi connectivity index (χ0) is 19.8. The standard InChI is InChI=1S/C24H17Cl2N3/c25-18-11-19(26)13-20(12-18)29-15-22(16-6-2-1-3-7-16)24(28-29)10-17-14-27-23-9-5-4-8-21(17)23/h1-9,11-15,27H,10H2. The minimum absolute atomic E-state index is 0.586. The van der Waals surface area contributed by atoms with Crippen LogP contribution >= 0.6 is 23.2 Å². The Morgan fingerprint density at radius 1 is 0.862 bits per heavy atom. The van der Waals surface area contributed by atoms with Crippen LogP contribution in [0.15, 0.2) is 85.2 Å². The Labute approximate surface area is 178 Å².